The summed E-state index contributed by atoms with van der Waals surface area (Å²) in [6.07, 6.45) is 4.34. The van der Waals surface area contributed by atoms with Gasteiger partial charge in [0.05, 0.1) is 0 Å². The molecule has 1 nitrogen and oxygen atoms in total. The van der Waals surface area contributed by atoms with Crippen molar-refractivity contribution in [3.63, 3.8) is 0 Å². The zero-order valence-corrected chi connectivity index (χ0v) is 26.3. The monoisotopic (exact) mass is 535 g/mol. The Morgan fingerprint density at radius 3 is 1.69 bits per heavy atom. The predicted octanol–water partition coefficient (Wildman–Crippen LogP) is 11.4. The molecule has 5 aromatic rings. The summed E-state index contributed by atoms with van der Waals surface area (Å²) in [5.74, 6) is 3.63. The number of nitrogens with one attached hydrogen (secondary N) is 1. The van der Waals surface area contributed by atoms with Crippen molar-refractivity contribution in [1.29, 1.82) is 0 Å². The van der Waals surface area contributed by atoms with Crippen molar-refractivity contribution in [3.05, 3.63) is 77.5 Å². The van der Waals surface area contributed by atoms with Crippen LogP contribution in [0.3, 0.4) is 0 Å². The Morgan fingerprint density at radius 2 is 1.13 bits per heavy atom. The third-order valence-electron chi connectivity index (χ3n) is 8.11. The highest BCUT2D eigenvalue weighted by atomic mass is 32.3. The molecule has 0 aliphatic rings. The molecule has 0 saturated heterocycles. The van der Waals surface area contributed by atoms with Crippen molar-refractivity contribution >= 4 is 59.3 Å². The number of aromatic amines is 1. The Hall–Kier alpha value is -3.15. The molecule has 1 N–H and O–H groups in total. The minimum Gasteiger partial charge on any atom is -0.361 e. The summed E-state index contributed by atoms with van der Waals surface area (Å²) in [5, 5.41) is 14.7. The number of rotatable bonds is 4. The average molecular weight is 536 g/mol. The van der Waals surface area contributed by atoms with Crippen LogP contribution in [0.25, 0.3) is 49.3 Å². The third kappa shape index (κ3) is 4.99. The van der Waals surface area contributed by atoms with Crippen molar-refractivity contribution < 1.29 is 0 Å². The molecule has 0 atom stereocenters. The van der Waals surface area contributed by atoms with Gasteiger partial charge in [0.15, 0.2) is 0 Å². The molecule has 0 spiro atoms. The molecular formula is C37H45NS. The maximum absolute atomic E-state index is 3.84. The van der Waals surface area contributed by atoms with Crippen molar-refractivity contribution in [2.24, 2.45) is 0 Å². The first-order valence-electron chi connectivity index (χ1n) is 14.5. The Balaban J connectivity index is 0.00000172. The molecule has 2 heteroatoms. The van der Waals surface area contributed by atoms with E-state index < -0.39 is 10.0 Å². The maximum atomic E-state index is 3.84. The molecule has 0 unspecified atom stereocenters. The SMILES string of the molecule is C/C(C#CS(C(C)C)(C(C)C)C(C)C)=C\c1c(C)ccc2c1ccc1c2ccc2c3cc[nH]c3ccc21.CC. The van der Waals surface area contributed by atoms with Crippen LogP contribution in [0.4, 0.5) is 0 Å². The molecule has 1 aromatic heterocycles. The van der Waals surface area contributed by atoms with Crippen LogP contribution in [-0.4, -0.2) is 20.7 Å². The number of hydrogen-bond acceptors (Lipinski definition) is 0. The number of aromatic nitrogens is 1. The van der Waals surface area contributed by atoms with Crippen molar-refractivity contribution in [1.82, 2.24) is 4.98 Å². The fourth-order valence-corrected chi connectivity index (χ4v) is 10.6. The normalized spacial score (nSPS) is 12.9. The summed E-state index contributed by atoms with van der Waals surface area (Å²) in [6.45, 7) is 22.5. The highest BCUT2D eigenvalue weighted by molar-refractivity contribution is 8.38. The summed E-state index contributed by atoms with van der Waals surface area (Å²) in [4.78, 5) is 3.34. The summed E-state index contributed by atoms with van der Waals surface area (Å²) in [5.41, 5.74) is 4.90. The van der Waals surface area contributed by atoms with Crippen molar-refractivity contribution in [2.75, 3.05) is 0 Å². The quantitative estimate of drug-likeness (QED) is 0.174. The van der Waals surface area contributed by atoms with Gasteiger partial charge in [-0.3, -0.25) is 0 Å². The number of aryl methyl sites for hydroxylation is 1. The molecule has 5 rings (SSSR count). The van der Waals surface area contributed by atoms with Gasteiger partial charge >= 0.3 is 0 Å². The van der Waals surface area contributed by atoms with E-state index in [9.17, 15) is 0 Å². The van der Waals surface area contributed by atoms with Crippen LogP contribution in [0, 0.1) is 18.1 Å². The fourth-order valence-electron chi connectivity index (χ4n) is 6.31. The molecule has 0 fully saturated rings. The van der Waals surface area contributed by atoms with E-state index in [0.29, 0.717) is 15.7 Å². The molecule has 0 aliphatic carbocycles. The molecule has 204 valence electrons. The summed E-state index contributed by atoms with van der Waals surface area (Å²) >= 11 is 0. The molecule has 0 amide bonds. The zero-order chi connectivity index (χ0) is 28.5. The average Bonchev–Trinajstić information content (AvgIpc) is 3.40. The standard InChI is InChI=1S/C35H39NS.C2H6/c1-22(2)37(23(3)4,24(5)6)20-18-25(7)21-34-26(8)9-10-27-28-11-13-31-30(29(28)12-14-32(27)34)15-16-35-33(31)17-19-36-35;1-2/h9-17,19,21-24,36H,1-8H3;1-2H3/b25-21+;. The van der Waals surface area contributed by atoms with Gasteiger partial charge in [-0.25, -0.2) is 0 Å². The van der Waals surface area contributed by atoms with E-state index >= 15 is 0 Å². The number of benzene rings is 4. The van der Waals surface area contributed by atoms with Crippen LogP contribution in [0.5, 0.6) is 0 Å². The molecule has 0 aliphatic heterocycles. The van der Waals surface area contributed by atoms with Gasteiger partial charge in [-0.2, -0.15) is 10.0 Å². The summed E-state index contributed by atoms with van der Waals surface area (Å²) in [6, 6.07) is 20.4. The Kier molecular flexibility index (Phi) is 8.53. The minimum absolute atomic E-state index is 0.584. The van der Waals surface area contributed by atoms with Crippen molar-refractivity contribution in [3.8, 4) is 11.2 Å². The van der Waals surface area contributed by atoms with E-state index in [1.165, 1.54) is 54.3 Å². The van der Waals surface area contributed by atoms with E-state index in [-0.39, 0.29) is 0 Å². The Bertz CT molecular complexity index is 1710. The van der Waals surface area contributed by atoms with Gasteiger partial charge in [0.25, 0.3) is 0 Å². The van der Waals surface area contributed by atoms with E-state index in [4.69, 9.17) is 0 Å². The van der Waals surface area contributed by atoms with Crippen LogP contribution >= 0.6 is 10.0 Å². The van der Waals surface area contributed by atoms with Crippen LogP contribution in [0.15, 0.2) is 66.4 Å². The van der Waals surface area contributed by atoms with E-state index in [1.54, 1.807) is 0 Å². The predicted molar refractivity (Wildman–Crippen MR) is 181 cm³/mol. The molecule has 1 heterocycles. The Morgan fingerprint density at radius 1 is 0.667 bits per heavy atom. The highest BCUT2D eigenvalue weighted by Crippen LogP contribution is 2.59. The molecule has 39 heavy (non-hydrogen) atoms. The van der Waals surface area contributed by atoms with E-state index in [0.717, 1.165) is 5.57 Å². The first-order valence-corrected chi connectivity index (χ1v) is 16.3. The van der Waals surface area contributed by atoms with Gasteiger partial charge < -0.3 is 4.98 Å². The first-order chi connectivity index (χ1) is 18.6. The number of allylic oxidation sites excluding steroid dienone is 1. The maximum Gasteiger partial charge on any atom is 0.0460 e. The lowest BCUT2D eigenvalue weighted by molar-refractivity contribution is 0.959. The van der Waals surface area contributed by atoms with Gasteiger partial charge in [0.2, 0.25) is 0 Å². The number of H-pyrrole nitrogens is 1. The zero-order valence-electron chi connectivity index (χ0n) is 25.5. The van der Waals surface area contributed by atoms with Crippen LogP contribution < -0.4 is 0 Å². The van der Waals surface area contributed by atoms with E-state index in [2.05, 4.69) is 132 Å². The summed E-state index contributed by atoms with van der Waals surface area (Å²) in [7, 11) is -1.05. The van der Waals surface area contributed by atoms with E-state index in [1.807, 2.05) is 20.0 Å². The number of fused-ring (bicyclic) bond motifs is 7. The van der Waals surface area contributed by atoms with Gasteiger partial charge in [-0.1, -0.05) is 104 Å². The number of hydrogen-bond donors (Lipinski definition) is 1. The lowest BCUT2D eigenvalue weighted by Gasteiger charge is -2.46. The Labute approximate surface area is 237 Å². The largest absolute Gasteiger partial charge is 0.361 e. The lowest BCUT2D eigenvalue weighted by atomic mass is 9.92. The summed E-state index contributed by atoms with van der Waals surface area (Å²) < 4.78 is 0. The smallest absolute Gasteiger partial charge is 0.0460 e. The molecule has 0 bridgehead atoms. The minimum atomic E-state index is -1.05. The second-order valence-electron chi connectivity index (χ2n) is 11.2. The van der Waals surface area contributed by atoms with Crippen LogP contribution in [0.2, 0.25) is 0 Å². The van der Waals surface area contributed by atoms with Gasteiger partial charge in [-0.15, -0.1) is 0 Å². The second kappa shape index (κ2) is 11.5. The van der Waals surface area contributed by atoms with Crippen LogP contribution in [-0.2, 0) is 0 Å². The molecule has 4 aromatic carbocycles. The van der Waals surface area contributed by atoms with Gasteiger partial charge in [-0.05, 0) is 96.5 Å². The van der Waals surface area contributed by atoms with Crippen LogP contribution in [0.1, 0.15) is 73.4 Å². The molecule has 0 saturated carbocycles. The highest BCUT2D eigenvalue weighted by Gasteiger charge is 2.33. The van der Waals surface area contributed by atoms with Crippen molar-refractivity contribution in [2.45, 2.75) is 85.0 Å². The lowest BCUT2D eigenvalue weighted by Crippen LogP contribution is -2.27. The van der Waals surface area contributed by atoms with Gasteiger partial charge in [0.1, 0.15) is 0 Å². The second-order valence-corrected chi connectivity index (χ2v) is 15.7. The molecule has 0 radical (unpaired) electrons. The molecular weight excluding hydrogens is 490 g/mol. The fraction of sp³-hybridized carbons (Fsp3) is 0.351. The topological polar surface area (TPSA) is 15.8 Å². The first kappa shape index (κ1) is 28.8. The third-order valence-corrected chi connectivity index (χ3v) is 13.2. The van der Waals surface area contributed by atoms with Gasteiger partial charge in [0, 0.05) is 22.7 Å².